The van der Waals surface area contributed by atoms with Crippen molar-refractivity contribution in [1.82, 2.24) is 4.98 Å². The highest BCUT2D eigenvalue weighted by Gasteiger charge is 2.14. The highest BCUT2D eigenvalue weighted by molar-refractivity contribution is 6.40. The molecule has 1 heterocycles. The first-order valence-electron chi connectivity index (χ1n) is 5.92. The number of benzene rings is 1. The first-order valence-corrected chi connectivity index (χ1v) is 6.68. The third-order valence-electron chi connectivity index (χ3n) is 2.80. The Morgan fingerprint density at radius 1 is 1.25 bits per heavy atom. The molecule has 0 aliphatic carbocycles. The topological polar surface area (TPSA) is 54.0 Å². The Morgan fingerprint density at radius 3 is 2.70 bits per heavy atom. The number of halogens is 2. The number of carbonyl (C=O) groups is 1. The molecule has 0 aliphatic rings. The minimum Gasteiger partial charge on any atom is -0.388 e. The van der Waals surface area contributed by atoms with Gasteiger partial charge >= 0.3 is 0 Å². The summed E-state index contributed by atoms with van der Waals surface area (Å²) in [5.74, 6) is -0.364. The van der Waals surface area contributed by atoms with Gasteiger partial charge in [0.05, 0.1) is 15.7 Å². The van der Waals surface area contributed by atoms with Gasteiger partial charge in [0.1, 0.15) is 5.69 Å². The molecule has 0 atom stereocenters. The number of pyridine rings is 1. The van der Waals surface area contributed by atoms with E-state index in [1.807, 2.05) is 6.92 Å². The predicted octanol–water partition coefficient (Wildman–Crippen LogP) is 3.99. The lowest BCUT2D eigenvalue weighted by Gasteiger charge is -2.11. The monoisotopic (exact) mass is 309 g/mol. The number of anilines is 2. The second kappa shape index (κ2) is 6.11. The number of aromatic nitrogens is 1. The van der Waals surface area contributed by atoms with E-state index in [0.29, 0.717) is 15.7 Å². The summed E-state index contributed by atoms with van der Waals surface area (Å²) in [6.07, 6.45) is 1.56. The van der Waals surface area contributed by atoms with E-state index >= 15 is 0 Å². The second-order valence-corrected chi connectivity index (χ2v) is 4.97. The summed E-state index contributed by atoms with van der Waals surface area (Å²) in [5, 5.41) is 6.45. The number of nitrogens with one attached hydrogen (secondary N) is 2. The van der Waals surface area contributed by atoms with Gasteiger partial charge in [-0.2, -0.15) is 0 Å². The van der Waals surface area contributed by atoms with Gasteiger partial charge in [0.2, 0.25) is 0 Å². The number of aryl methyl sites for hydroxylation is 1. The van der Waals surface area contributed by atoms with Crippen molar-refractivity contribution in [3.63, 3.8) is 0 Å². The van der Waals surface area contributed by atoms with Gasteiger partial charge in [-0.05, 0) is 30.7 Å². The highest BCUT2D eigenvalue weighted by atomic mass is 35.5. The average Bonchev–Trinajstić information content (AvgIpc) is 2.47. The number of hydrogen-bond acceptors (Lipinski definition) is 3. The van der Waals surface area contributed by atoms with Gasteiger partial charge in [0.25, 0.3) is 5.91 Å². The van der Waals surface area contributed by atoms with Crippen LogP contribution in [0.25, 0.3) is 0 Å². The number of nitrogens with zero attached hydrogens (tertiary/aromatic N) is 1. The minimum atomic E-state index is -0.364. The molecule has 0 saturated heterocycles. The fraction of sp³-hybridized carbons (Fsp3) is 0.143. The summed E-state index contributed by atoms with van der Waals surface area (Å²) in [5.41, 5.74) is 2.32. The van der Waals surface area contributed by atoms with Gasteiger partial charge in [-0.1, -0.05) is 29.3 Å². The van der Waals surface area contributed by atoms with Crippen molar-refractivity contribution in [3.05, 3.63) is 51.8 Å². The van der Waals surface area contributed by atoms with Gasteiger partial charge < -0.3 is 10.6 Å². The molecular formula is C14H13Cl2N3O. The van der Waals surface area contributed by atoms with Crippen LogP contribution < -0.4 is 10.6 Å². The third-order valence-corrected chi connectivity index (χ3v) is 3.61. The molecule has 0 saturated carbocycles. The molecule has 2 N–H and O–H groups in total. The summed E-state index contributed by atoms with van der Waals surface area (Å²) in [7, 11) is 1.77. The van der Waals surface area contributed by atoms with Crippen molar-refractivity contribution in [3.8, 4) is 0 Å². The van der Waals surface area contributed by atoms with Crippen LogP contribution in [0.4, 0.5) is 11.4 Å². The summed E-state index contributed by atoms with van der Waals surface area (Å²) >= 11 is 12.2. The Labute approximate surface area is 127 Å². The van der Waals surface area contributed by atoms with Crippen molar-refractivity contribution in [1.29, 1.82) is 0 Å². The lowest BCUT2D eigenvalue weighted by atomic mass is 10.2. The van der Waals surface area contributed by atoms with Crippen molar-refractivity contribution in [2.45, 2.75) is 6.92 Å². The van der Waals surface area contributed by atoms with Crippen LogP contribution >= 0.6 is 23.2 Å². The molecule has 2 rings (SSSR count). The van der Waals surface area contributed by atoms with Crippen molar-refractivity contribution in [2.75, 3.05) is 17.7 Å². The van der Waals surface area contributed by atoms with Crippen LogP contribution in [-0.2, 0) is 0 Å². The molecule has 104 valence electrons. The number of carbonyl (C=O) groups excluding carboxylic acids is 1. The predicted molar refractivity (Wildman–Crippen MR) is 82.9 cm³/mol. The van der Waals surface area contributed by atoms with Crippen molar-refractivity contribution < 1.29 is 4.79 Å². The van der Waals surface area contributed by atoms with E-state index in [2.05, 4.69) is 15.6 Å². The molecule has 0 spiro atoms. The van der Waals surface area contributed by atoms with Crippen LogP contribution in [0.3, 0.4) is 0 Å². The van der Waals surface area contributed by atoms with Crippen LogP contribution in [-0.4, -0.2) is 17.9 Å². The Morgan fingerprint density at radius 2 is 2.00 bits per heavy atom. The minimum absolute atomic E-state index is 0.283. The average molecular weight is 310 g/mol. The molecule has 1 amide bonds. The molecule has 2 aromatic rings. The van der Waals surface area contributed by atoms with Crippen LogP contribution in [0, 0.1) is 6.92 Å². The highest BCUT2D eigenvalue weighted by Crippen LogP contribution is 2.33. The van der Waals surface area contributed by atoms with Crippen LogP contribution in [0.2, 0.25) is 10.0 Å². The Kier molecular flexibility index (Phi) is 4.47. The molecule has 4 nitrogen and oxygen atoms in total. The molecule has 0 bridgehead atoms. The lowest BCUT2D eigenvalue weighted by Crippen LogP contribution is -2.14. The molecule has 1 aromatic carbocycles. The van der Waals surface area contributed by atoms with E-state index in [1.165, 1.54) is 0 Å². The first-order chi connectivity index (χ1) is 9.52. The van der Waals surface area contributed by atoms with Crippen LogP contribution in [0.1, 0.15) is 16.1 Å². The van der Waals surface area contributed by atoms with E-state index in [1.54, 1.807) is 37.5 Å². The lowest BCUT2D eigenvalue weighted by molar-refractivity contribution is 0.102. The zero-order valence-corrected chi connectivity index (χ0v) is 12.5. The summed E-state index contributed by atoms with van der Waals surface area (Å²) in [4.78, 5) is 16.2. The van der Waals surface area contributed by atoms with E-state index < -0.39 is 0 Å². The summed E-state index contributed by atoms with van der Waals surface area (Å²) in [6, 6.07) is 6.90. The summed E-state index contributed by atoms with van der Waals surface area (Å²) in [6.45, 7) is 1.84. The Balaban J connectivity index is 2.30. The first kappa shape index (κ1) is 14.6. The van der Waals surface area contributed by atoms with Gasteiger partial charge in [0.15, 0.2) is 0 Å². The Bertz CT molecular complexity index is 659. The number of rotatable bonds is 3. The fourth-order valence-corrected chi connectivity index (χ4v) is 2.12. The quantitative estimate of drug-likeness (QED) is 0.901. The maximum atomic E-state index is 12.2. The van der Waals surface area contributed by atoms with Crippen LogP contribution in [0.5, 0.6) is 0 Å². The molecule has 6 heteroatoms. The van der Waals surface area contributed by atoms with E-state index in [-0.39, 0.29) is 11.6 Å². The molecule has 0 fully saturated rings. The third kappa shape index (κ3) is 3.03. The van der Waals surface area contributed by atoms with E-state index in [9.17, 15) is 4.79 Å². The molecule has 0 radical (unpaired) electrons. The zero-order chi connectivity index (χ0) is 14.7. The van der Waals surface area contributed by atoms with Crippen molar-refractivity contribution in [2.24, 2.45) is 0 Å². The molecule has 20 heavy (non-hydrogen) atoms. The largest absolute Gasteiger partial charge is 0.388 e. The van der Waals surface area contributed by atoms with E-state index in [4.69, 9.17) is 23.2 Å². The van der Waals surface area contributed by atoms with Gasteiger partial charge in [-0.3, -0.25) is 9.78 Å². The standard InChI is InChI=1S/C14H13Cl2N3O/c1-8-3-4-10(15)13(12(8)16)19-14(20)11-7-9(17-2)5-6-18-11/h3-7H,1-2H3,(H,17,18)(H,19,20). The van der Waals surface area contributed by atoms with Gasteiger partial charge in [-0.25, -0.2) is 0 Å². The molecule has 0 unspecified atom stereocenters. The molecule has 1 aromatic heterocycles. The number of amides is 1. The SMILES string of the molecule is CNc1ccnc(C(=O)Nc2c(Cl)ccc(C)c2Cl)c1. The molecule has 0 aliphatic heterocycles. The second-order valence-electron chi connectivity index (χ2n) is 4.19. The van der Waals surface area contributed by atoms with Gasteiger partial charge in [0, 0.05) is 18.9 Å². The smallest absolute Gasteiger partial charge is 0.274 e. The van der Waals surface area contributed by atoms with Crippen LogP contribution in [0.15, 0.2) is 30.5 Å². The number of hydrogen-bond donors (Lipinski definition) is 2. The fourth-order valence-electron chi connectivity index (χ4n) is 1.66. The normalized spacial score (nSPS) is 10.2. The maximum Gasteiger partial charge on any atom is 0.274 e. The Hall–Kier alpha value is -1.78. The summed E-state index contributed by atoms with van der Waals surface area (Å²) < 4.78 is 0. The maximum absolute atomic E-state index is 12.2. The van der Waals surface area contributed by atoms with Crippen molar-refractivity contribution >= 4 is 40.5 Å². The van der Waals surface area contributed by atoms with E-state index in [0.717, 1.165) is 11.3 Å². The van der Waals surface area contributed by atoms with Gasteiger partial charge in [-0.15, -0.1) is 0 Å². The zero-order valence-electron chi connectivity index (χ0n) is 11.0. The molecular weight excluding hydrogens is 297 g/mol.